The molecule has 62 heavy (non-hydrogen) atoms. The largest absolute Gasteiger partial charge is 0.481 e. The van der Waals surface area contributed by atoms with Gasteiger partial charge in [0.2, 0.25) is 23.6 Å². The van der Waals surface area contributed by atoms with Gasteiger partial charge in [-0.2, -0.15) is 0 Å². The third kappa shape index (κ3) is 11.1. The molecule has 338 valence electrons. The normalized spacial score (nSPS) is 28.3. The van der Waals surface area contributed by atoms with Crippen molar-refractivity contribution in [1.29, 1.82) is 0 Å². The van der Waals surface area contributed by atoms with Crippen molar-refractivity contribution in [2.45, 2.75) is 154 Å². The van der Waals surface area contributed by atoms with E-state index in [1.165, 1.54) is 12.5 Å². The van der Waals surface area contributed by atoms with Crippen molar-refractivity contribution in [1.82, 2.24) is 26.6 Å². The average molecular weight is 857 g/mol. The summed E-state index contributed by atoms with van der Waals surface area (Å²) in [6.07, 6.45) is 8.30. The Morgan fingerprint density at radius 2 is 1.63 bits per heavy atom. The van der Waals surface area contributed by atoms with Gasteiger partial charge in [0, 0.05) is 12.2 Å². The van der Waals surface area contributed by atoms with Crippen LogP contribution in [-0.4, -0.2) is 98.2 Å². The Bertz CT molecular complexity index is 1880. The summed E-state index contributed by atoms with van der Waals surface area (Å²) in [7, 11) is -0.614. The van der Waals surface area contributed by atoms with Crippen LogP contribution in [0.25, 0.3) is 11.1 Å². The minimum atomic E-state index is -1.16. The van der Waals surface area contributed by atoms with E-state index in [0.717, 1.165) is 43.2 Å². The number of ether oxygens (including phenoxy) is 1. The highest BCUT2D eigenvalue weighted by Gasteiger charge is 2.68. The predicted octanol–water partition coefficient (Wildman–Crippen LogP) is 4.37. The molecule has 2 saturated heterocycles. The SMILES string of the molecule is CCCCc1ccc(-c2ccc(C(=O)N[C@@H](CCCCN)C(=O)N[C@H]3COCCCC[C@@H](C(=O)N[C@@H](C)B4OC5C[C@@H]6C[C@@H](C6(C)C)[C@]5(C)O4)NC(=O)[C@H](C)NC3=O)cc2)cc1. The zero-order chi connectivity index (χ0) is 44.6. The van der Waals surface area contributed by atoms with Crippen molar-refractivity contribution in [2.75, 3.05) is 19.8 Å². The molecule has 2 bridgehead atoms. The summed E-state index contributed by atoms with van der Waals surface area (Å²) in [6.45, 7) is 12.8. The minimum Gasteiger partial charge on any atom is -0.404 e. The van der Waals surface area contributed by atoms with Crippen LogP contribution in [0.1, 0.15) is 122 Å². The third-order valence-electron chi connectivity index (χ3n) is 13.9. The second kappa shape index (κ2) is 20.9. The van der Waals surface area contributed by atoms with Crippen LogP contribution in [0, 0.1) is 17.3 Å². The van der Waals surface area contributed by atoms with E-state index in [4.69, 9.17) is 19.8 Å². The summed E-state index contributed by atoms with van der Waals surface area (Å²) in [5, 5.41) is 14.2. The van der Waals surface area contributed by atoms with Gasteiger partial charge in [0.15, 0.2) is 0 Å². The first-order chi connectivity index (χ1) is 29.6. The second-order valence-electron chi connectivity index (χ2n) is 18.7. The number of nitrogens with two attached hydrogens (primary N) is 1. The number of benzene rings is 2. The molecule has 2 aliphatic heterocycles. The Balaban J connectivity index is 1.04. The number of hydrogen-bond acceptors (Lipinski definition) is 9. The molecule has 9 atom stereocenters. The molecular weight excluding hydrogens is 787 g/mol. The van der Waals surface area contributed by atoms with Crippen molar-refractivity contribution >= 4 is 36.7 Å². The van der Waals surface area contributed by atoms with Gasteiger partial charge in [0.1, 0.15) is 24.2 Å². The van der Waals surface area contributed by atoms with Gasteiger partial charge in [-0.3, -0.25) is 24.0 Å². The maximum atomic E-state index is 13.8. The van der Waals surface area contributed by atoms with Gasteiger partial charge >= 0.3 is 7.12 Å². The fourth-order valence-corrected chi connectivity index (χ4v) is 9.72. The molecule has 0 spiro atoms. The molecule has 14 nitrogen and oxygen atoms in total. The number of unbranched alkanes of at least 4 members (excludes halogenated alkanes) is 2. The fraction of sp³-hybridized carbons (Fsp3) is 0.638. The lowest BCUT2D eigenvalue weighted by atomic mass is 9.43. The van der Waals surface area contributed by atoms with Crippen LogP contribution in [0.4, 0.5) is 0 Å². The van der Waals surface area contributed by atoms with Crippen LogP contribution < -0.4 is 32.3 Å². The number of carbonyl (C=O) groups is 5. The zero-order valence-corrected chi connectivity index (χ0v) is 37.6. The molecular formula is C47H69BN6O8. The van der Waals surface area contributed by atoms with E-state index >= 15 is 0 Å². The van der Waals surface area contributed by atoms with E-state index in [0.29, 0.717) is 62.5 Å². The Kier molecular flexibility index (Phi) is 15.9. The highest BCUT2D eigenvalue weighted by atomic mass is 16.7. The molecule has 15 heteroatoms. The summed E-state index contributed by atoms with van der Waals surface area (Å²) < 4.78 is 18.8. The maximum absolute atomic E-state index is 13.8. The Labute approximate surface area is 367 Å². The van der Waals surface area contributed by atoms with Crippen molar-refractivity contribution in [3.05, 3.63) is 59.7 Å². The molecule has 7 N–H and O–H groups in total. The number of nitrogens with one attached hydrogen (secondary N) is 5. The molecule has 5 amide bonds. The lowest BCUT2D eigenvalue weighted by molar-refractivity contribution is -0.199. The van der Waals surface area contributed by atoms with Crippen LogP contribution >= 0.6 is 0 Å². The molecule has 0 aromatic heterocycles. The van der Waals surface area contributed by atoms with Gasteiger partial charge in [0.25, 0.3) is 5.91 Å². The quantitative estimate of drug-likeness (QED) is 0.111. The summed E-state index contributed by atoms with van der Waals surface area (Å²) in [5.74, 6) is -2.02. The van der Waals surface area contributed by atoms with E-state index in [1.54, 1.807) is 12.1 Å². The molecule has 2 aromatic rings. The van der Waals surface area contributed by atoms with Crippen LogP contribution in [0.5, 0.6) is 0 Å². The summed E-state index contributed by atoms with van der Waals surface area (Å²) >= 11 is 0. The molecule has 3 aliphatic carbocycles. The van der Waals surface area contributed by atoms with Gasteiger partial charge in [0.05, 0.1) is 24.3 Å². The van der Waals surface area contributed by atoms with Gasteiger partial charge in [-0.1, -0.05) is 63.6 Å². The first-order valence-corrected chi connectivity index (χ1v) is 23.0. The van der Waals surface area contributed by atoms with Crippen LogP contribution in [0.15, 0.2) is 48.5 Å². The van der Waals surface area contributed by atoms with Crippen LogP contribution in [0.3, 0.4) is 0 Å². The lowest BCUT2D eigenvalue weighted by Gasteiger charge is -2.64. The van der Waals surface area contributed by atoms with Gasteiger partial charge < -0.3 is 46.4 Å². The molecule has 3 saturated carbocycles. The highest BCUT2D eigenvalue weighted by Crippen LogP contribution is 2.65. The second-order valence-corrected chi connectivity index (χ2v) is 18.7. The van der Waals surface area contributed by atoms with Gasteiger partial charge in [-0.25, -0.2) is 0 Å². The monoisotopic (exact) mass is 857 g/mol. The third-order valence-corrected chi connectivity index (χ3v) is 13.9. The average Bonchev–Trinajstić information content (AvgIpc) is 3.63. The summed E-state index contributed by atoms with van der Waals surface area (Å²) in [5.41, 5.74) is 9.22. The first kappa shape index (κ1) is 47.2. The van der Waals surface area contributed by atoms with Crippen LogP contribution in [-0.2, 0) is 39.6 Å². The van der Waals surface area contributed by atoms with E-state index in [-0.39, 0.29) is 30.6 Å². The molecule has 2 aromatic carbocycles. The summed E-state index contributed by atoms with van der Waals surface area (Å²) in [6, 6.07) is 11.6. The fourth-order valence-electron chi connectivity index (χ4n) is 9.72. The first-order valence-electron chi connectivity index (χ1n) is 23.0. The number of carbonyl (C=O) groups excluding carboxylic acids is 5. The predicted molar refractivity (Wildman–Crippen MR) is 239 cm³/mol. The standard InChI is InChI=1S/C47H69BN6O8/c1-7-8-13-31-16-18-32(19-17-31)33-20-22-34(23-21-33)42(56)53-37(14-9-11-24-49)44(58)54-38-28-60-25-12-10-15-36(52-41(55)29(2)50-45(38)59)43(57)51-30(3)48-61-40-27-35-26-39(46(35,4)5)47(40,6)62-48/h16-23,29-30,35-40H,7-15,24-28,49H2,1-6H3,(H,50,59)(H,51,57)(H,52,55)(H,53,56)(H,54,58)/t29-,30-,35-,36-,37-,38-,39-,40?,47-/m0/s1. The molecule has 2 heterocycles. The number of hydrogen-bond donors (Lipinski definition) is 6. The van der Waals surface area contributed by atoms with Gasteiger partial charge in [-0.05, 0) is 138 Å². The molecule has 7 rings (SSSR count). The number of amides is 5. The Hall–Kier alpha value is -4.31. The lowest BCUT2D eigenvalue weighted by Crippen LogP contribution is -2.65. The zero-order valence-electron chi connectivity index (χ0n) is 37.6. The van der Waals surface area contributed by atoms with E-state index in [1.807, 2.05) is 19.1 Å². The van der Waals surface area contributed by atoms with Gasteiger partial charge in [-0.15, -0.1) is 0 Å². The number of rotatable bonds is 15. The van der Waals surface area contributed by atoms with E-state index in [2.05, 4.69) is 78.5 Å². The topological polar surface area (TPSA) is 199 Å². The molecule has 0 radical (unpaired) electrons. The van der Waals surface area contributed by atoms with Crippen molar-refractivity contribution in [3.63, 3.8) is 0 Å². The number of aryl methyl sites for hydroxylation is 1. The Morgan fingerprint density at radius 1 is 0.919 bits per heavy atom. The molecule has 1 unspecified atom stereocenters. The van der Waals surface area contributed by atoms with E-state index in [9.17, 15) is 24.0 Å². The van der Waals surface area contributed by atoms with Crippen LogP contribution in [0.2, 0.25) is 0 Å². The van der Waals surface area contributed by atoms with Crippen molar-refractivity contribution in [3.8, 4) is 11.1 Å². The maximum Gasteiger partial charge on any atom is 0.481 e. The minimum absolute atomic E-state index is 0.0278. The van der Waals surface area contributed by atoms with E-state index < -0.39 is 66.5 Å². The Morgan fingerprint density at radius 3 is 2.31 bits per heavy atom. The highest BCUT2D eigenvalue weighted by molar-refractivity contribution is 6.47. The smallest absolute Gasteiger partial charge is 0.404 e. The van der Waals surface area contributed by atoms with Crippen molar-refractivity contribution in [2.24, 2.45) is 23.0 Å². The summed E-state index contributed by atoms with van der Waals surface area (Å²) in [4.78, 5) is 68.2. The van der Waals surface area contributed by atoms with Crippen molar-refractivity contribution < 1.29 is 38.0 Å². The molecule has 5 fully saturated rings. The molecule has 5 aliphatic rings.